The number of rotatable bonds is 9. The molecule has 0 spiro atoms. The van der Waals surface area contributed by atoms with Gasteiger partial charge in [-0.2, -0.15) is 0 Å². The van der Waals surface area contributed by atoms with E-state index in [1.165, 1.54) is 43.8 Å². The Hall–Kier alpha value is -9.12. The lowest BCUT2D eigenvalue weighted by molar-refractivity contribution is 0.669. The zero-order valence-electron chi connectivity index (χ0n) is 37.1. The summed E-state index contributed by atoms with van der Waals surface area (Å²) < 4.78 is 8.81. The van der Waals surface area contributed by atoms with Crippen molar-refractivity contribution in [3.8, 4) is 27.9 Å². The predicted molar refractivity (Wildman–Crippen MR) is 286 cm³/mol. The summed E-state index contributed by atoms with van der Waals surface area (Å²) in [4.78, 5) is 4.76. The molecule has 320 valence electrons. The SMILES string of the molecule is c1ccc(-c2ccc(N(c3ccc(-c4ccc(N(c5ccccc5)c5ccc6c7ccccc7n(-c7ccccc7)c6c5)c5ccccc45)cc3)c3cccc4oc5ccccc5c34)cc2)cc1. The van der Waals surface area contributed by atoms with E-state index < -0.39 is 0 Å². The van der Waals surface area contributed by atoms with Gasteiger partial charge in [0.1, 0.15) is 11.2 Å². The molecule has 11 aromatic carbocycles. The first-order valence-electron chi connectivity index (χ1n) is 23.2. The van der Waals surface area contributed by atoms with Crippen molar-refractivity contribution in [3.63, 3.8) is 0 Å². The molecule has 2 aromatic heterocycles. The van der Waals surface area contributed by atoms with Gasteiger partial charge >= 0.3 is 0 Å². The second-order valence-electron chi connectivity index (χ2n) is 17.3. The monoisotopic (exact) mass is 869 g/mol. The normalized spacial score (nSPS) is 11.5. The van der Waals surface area contributed by atoms with Crippen LogP contribution in [-0.2, 0) is 0 Å². The fourth-order valence-corrected chi connectivity index (χ4v) is 10.3. The number of para-hydroxylation sites is 4. The summed E-state index contributed by atoms with van der Waals surface area (Å²) in [6.07, 6.45) is 0. The summed E-state index contributed by atoms with van der Waals surface area (Å²) in [6, 6.07) is 93.6. The average Bonchev–Trinajstić information content (AvgIpc) is 3.96. The minimum Gasteiger partial charge on any atom is -0.456 e. The van der Waals surface area contributed by atoms with E-state index in [0.29, 0.717) is 0 Å². The number of nitrogens with zero attached hydrogens (tertiary/aromatic N) is 3. The van der Waals surface area contributed by atoms with Crippen molar-refractivity contribution in [2.24, 2.45) is 0 Å². The Kier molecular flexibility index (Phi) is 9.47. The number of benzene rings is 11. The van der Waals surface area contributed by atoms with E-state index in [1.54, 1.807) is 0 Å². The molecule has 0 saturated heterocycles. The Balaban J connectivity index is 0.937. The molecule has 13 aromatic rings. The van der Waals surface area contributed by atoms with Gasteiger partial charge in [-0.05, 0) is 119 Å². The largest absolute Gasteiger partial charge is 0.456 e. The smallest absolute Gasteiger partial charge is 0.137 e. The highest BCUT2D eigenvalue weighted by Gasteiger charge is 2.22. The maximum absolute atomic E-state index is 6.42. The summed E-state index contributed by atoms with van der Waals surface area (Å²) in [5, 5.41) is 6.99. The van der Waals surface area contributed by atoms with Gasteiger partial charge in [0.25, 0.3) is 0 Å². The van der Waals surface area contributed by atoms with Crippen LogP contribution in [0.3, 0.4) is 0 Å². The highest BCUT2D eigenvalue weighted by Crippen LogP contribution is 2.46. The van der Waals surface area contributed by atoms with E-state index in [2.05, 4.69) is 263 Å². The molecule has 0 bridgehead atoms. The van der Waals surface area contributed by atoms with Crippen molar-refractivity contribution in [3.05, 3.63) is 261 Å². The summed E-state index contributed by atoms with van der Waals surface area (Å²) in [6.45, 7) is 0. The van der Waals surface area contributed by atoms with E-state index in [-0.39, 0.29) is 0 Å². The quantitative estimate of drug-likeness (QED) is 0.144. The molecule has 0 fully saturated rings. The third-order valence-electron chi connectivity index (χ3n) is 13.4. The lowest BCUT2D eigenvalue weighted by Gasteiger charge is -2.28. The lowest BCUT2D eigenvalue weighted by atomic mass is 9.96. The number of fused-ring (bicyclic) bond motifs is 7. The highest BCUT2D eigenvalue weighted by atomic mass is 16.3. The molecular weight excluding hydrogens is 827 g/mol. The molecular formula is C64H43N3O. The van der Waals surface area contributed by atoms with Crippen molar-refractivity contribution >= 4 is 88.6 Å². The number of furan rings is 1. The predicted octanol–water partition coefficient (Wildman–Crippen LogP) is 18.1. The fourth-order valence-electron chi connectivity index (χ4n) is 10.3. The molecule has 0 aliphatic rings. The van der Waals surface area contributed by atoms with Crippen molar-refractivity contribution in [1.29, 1.82) is 0 Å². The maximum atomic E-state index is 6.42. The van der Waals surface area contributed by atoms with E-state index in [4.69, 9.17) is 4.42 Å². The molecule has 4 heteroatoms. The van der Waals surface area contributed by atoms with E-state index >= 15 is 0 Å². The van der Waals surface area contributed by atoms with Gasteiger partial charge in [-0.1, -0.05) is 170 Å². The number of aromatic nitrogens is 1. The standard InChI is InChI=1S/C64H43N3O/c1-4-17-44(18-5-1)45-31-35-49(36-32-45)65(60-28-16-30-63-64(60)57-26-13-15-29-62(57)68-63)50-37-33-46(34-38-50)52-41-42-59(54-24-11-10-23-53(52)54)66(47-19-6-2-7-20-47)51-39-40-56-55-25-12-14-27-58(55)67(61(56)43-51)48-21-8-3-9-22-48/h1-43H. The molecule has 0 N–H and O–H groups in total. The summed E-state index contributed by atoms with van der Waals surface area (Å²) >= 11 is 0. The molecule has 68 heavy (non-hydrogen) atoms. The van der Waals surface area contributed by atoms with Crippen LogP contribution in [-0.4, -0.2) is 4.57 Å². The number of hydrogen-bond donors (Lipinski definition) is 0. The molecule has 4 nitrogen and oxygen atoms in total. The van der Waals surface area contributed by atoms with Gasteiger partial charge in [0.05, 0.1) is 27.8 Å². The Labute approximate surface area is 394 Å². The van der Waals surface area contributed by atoms with E-state index in [9.17, 15) is 0 Å². The Bertz CT molecular complexity index is 3950. The highest BCUT2D eigenvalue weighted by molar-refractivity contribution is 6.14. The fraction of sp³-hybridized carbons (Fsp3) is 0. The molecule has 0 radical (unpaired) electrons. The molecule has 0 unspecified atom stereocenters. The Morgan fingerprint density at radius 2 is 0.824 bits per heavy atom. The second-order valence-corrected chi connectivity index (χ2v) is 17.3. The van der Waals surface area contributed by atoms with Crippen LogP contribution in [0.5, 0.6) is 0 Å². The topological polar surface area (TPSA) is 24.6 Å². The van der Waals surface area contributed by atoms with Crippen molar-refractivity contribution in [1.82, 2.24) is 4.57 Å². The second kappa shape index (κ2) is 16.4. The van der Waals surface area contributed by atoms with Crippen LogP contribution in [0.25, 0.3) is 82.5 Å². The Morgan fingerprint density at radius 1 is 0.294 bits per heavy atom. The minimum absolute atomic E-state index is 0.862. The zero-order chi connectivity index (χ0) is 45.0. The lowest BCUT2D eigenvalue weighted by Crippen LogP contribution is -2.11. The first-order valence-corrected chi connectivity index (χ1v) is 23.2. The number of anilines is 6. The summed E-state index contributed by atoms with van der Waals surface area (Å²) in [5.41, 5.74) is 16.4. The first kappa shape index (κ1) is 39.3. The van der Waals surface area contributed by atoms with Gasteiger partial charge in [-0.3, -0.25) is 0 Å². The van der Waals surface area contributed by atoms with Crippen LogP contribution in [0, 0.1) is 0 Å². The average molecular weight is 870 g/mol. The van der Waals surface area contributed by atoms with Crippen molar-refractivity contribution < 1.29 is 4.42 Å². The van der Waals surface area contributed by atoms with Crippen LogP contribution in [0.1, 0.15) is 0 Å². The van der Waals surface area contributed by atoms with Crippen LogP contribution in [0.15, 0.2) is 265 Å². The van der Waals surface area contributed by atoms with Gasteiger partial charge in [0, 0.05) is 50.0 Å². The summed E-state index contributed by atoms with van der Waals surface area (Å²) in [5.74, 6) is 0. The molecule has 0 aliphatic carbocycles. The zero-order valence-corrected chi connectivity index (χ0v) is 37.1. The first-order chi connectivity index (χ1) is 33.7. The van der Waals surface area contributed by atoms with Crippen molar-refractivity contribution in [2.45, 2.75) is 0 Å². The molecule has 0 amide bonds. The van der Waals surface area contributed by atoms with E-state index in [0.717, 1.165) is 72.8 Å². The molecule has 0 aliphatic heterocycles. The summed E-state index contributed by atoms with van der Waals surface area (Å²) in [7, 11) is 0. The van der Waals surface area contributed by atoms with Crippen LogP contribution < -0.4 is 9.80 Å². The van der Waals surface area contributed by atoms with Crippen LogP contribution >= 0.6 is 0 Å². The van der Waals surface area contributed by atoms with Gasteiger partial charge in [-0.25, -0.2) is 0 Å². The Morgan fingerprint density at radius 3 is 1.57 bits per heavy atom. The van der Waals surface area contributed by atoms with Gasteiger partial charge in [0.15, 0.2) is 0 Å². The minimum atomic E-state index is 0.862. The van der Waals surface area contributed by atoms with Gasteiger partial charge in [-0.15, -0.1) is 0 Å². The molecule has 0 atom stereocenters. The van der Waals surface area contributed by atoms with Gasteiger partial charge < -0.3 is 18.8 Å². The third kappa shape index (κ3) is 6.61. The maximum Gasteiger partial charge on any atom is 0.137 e. The molecule has 2 heterocycles. The van der Waals surface area contributed by atoms with Gasteiger partial charge in [0.2, 0.25) is 0 Å². The number of hydrogen-bond acceptors (Lipinski definition) is 3. The molecule has 13 rings (SSSR count). The van der Waals surface area contributed by atoms with Crippen LogP contribution in [0.4, 0.5) is 34.1 Å². The molecule has 0 saturated carbocycles. The van der Waals surface area contributed by atoms with Crippen molar-refractivity contribution in [2.75, 3.05) is 9.80 Å². The third-order valence-corrected chi connectivity index (χ3v) is 13.4. The van der Waals surface area contributed by atoms with Crippen LogP contribution in [0.2, 0.25) is 0 Å². The van der Waals surface area contributed by atoms with E-state index in [1.807, 2.05) is 12.1 Å².